The minimum atomic E-state index is 0. The number of nitrogens with zero attached hydrogens (tertiary/aromatic N) is 1. The fraction of sp³-hybridized carbons (Fsp3) is 0.900. The summed E-state index contributed by atoms with van der Waals surface area (Å²) in [5.41, 5.74) is 5.52. The van der Waals surface area contributed by atoms with Crippen molar-refractivity contribution in [1.82, 2.24) is 4.90 Å². The van der Waals surface area contributed by atoms with Gasteiger partial charge < -0.3 is 15.4 Å². The smallest absolute Gasteiger partial charge is 0.225 e. The molecular weight excluding hydrogens is 216 g/mol. The number of likely N-dealkylation sites (N-methyl/N-ethyl adjacent to an activating group) is 1. The van der Waals surface area contributed by atoms with Crippen LogP contribution in [-0.2, 0) is 9.53 Å². The van der Waals surface area contributed by atoms with Crippen LogP contribution in [0.15, 0.2) is 0 Å². The van der Waals surface area contributed by atoms with Crippen LogP contribution in [0.5, 0.6) is 0 Å². The average Bonchev–Trinajstić information content (AvgIpc) is 2.27. The standard InChI is InChI=1S/C10H20N2O2.ClH/c1-8(7-11)12(2)10(13)9-3-5-14-6-4-9;/h8-9H,3-7,11H2,1-2H3;1H. The van der Waals surface area contributed by atoms with Crippen LogP contribution < -0.4 is 5.73 Å². The summed E-state index contributed by atoms with van der Waals surface area (Å²) in [7, 11) is 1.83. The zero-order chi connectivity index (χ0) is 10.6. The van der Waals surface area contributed by atoms with E-state index in [2.05, 4.69) is 0 Å². The number of halogens is 1. The van der Waals surface area contributed by atoms with E-state index in [1.807, 2.05) is 14.0 Å². The molecule has 4 nitrogen and oxygen atoms in total. The molecule has 1 aliphatic heterocycles. The Morgan fingerprint density at radius 1 is 1.53 bits per heavy atom. The maximum Gasteiger partial charge on any atom is 0.225 e. The predicted octanol–water partition coefficient (Wildman–Crippen LogP) is 0.640. The van der Waals surface area contributed by atoms with Crippen molar-refractivity contribution in [3.05, 3.63) is 0 Å². The zero-order valence-corrected chi connectivity index (χ0v) is 10.3. The van der Waals surface area contributed by atoms with E-state index in [4.69, 9.17) is 10.5 Å². The normalized spacial score (nSPS) is 19.1. The summed E-state index contributed by atoms with van der Waals surface area (Å²) in [4.78, 5) is 13.7. The Labute approximate surface area is 97.5 Å². The summed E-state index contributed by atoms with van der Waals surface area (Å²) in [5, 5.41) is 0. The second-order valence-electron chi connectivity index (χ2n) is 3.92. The zero-order valence-electron chi connectivity index (χ0n) is 9.44. The summed E-state index contributed by atoms with van der Waals surface area (Å²) in [5.74, 6) is 0.356. The highest BCUT2D eigenvalue weighted by Gasteiger charge is 2.26. The van der Waals surface area contributed by atoms with E-state index in [0.29, 0.717) is 19.8 Å². The quantitative estimate of drug-likeness (QED) is 0.783. The molecule has 0 saturated carbocycles. The lowest BCUT2D eigenvalue weighted by Gasteiger charge is -2.30. The van der Waals surface area contributed by atoms with Crippen LogP contribution in [0.4, 0.5) is 0 Å². The average molecular weight is 237 g/mol. The minimum absolute atomic E-state index is 0. The lowest BCUT2D eigenvalue weighted by Crippen LogP contribution is -2.44. The molecule has 0 radical (unpaired) electrons. The molecule has 0 bridgehead atoms. The molecular formula is C10H21ClN2O2. The molecule has 1 rings (SSSR count). The molecule has 1 amide bonds. The Kier molecular flexibility index (Phi) is 6.89. The van der Waals surface area contributed by atoms with Crippen molar-refractivity contribution in [3.63, 3.8) is 0 Å². The van der Waals surface area contributed by atoms with Crippen LogP contribution in [0.3, 0.4) is 0 Å². The molecule has 0 aromatic heterocycles. The molecule has 0 spiro atoms. The lowest BCUT2D eigenvalue weighted by molar-refractivity contribution is -0.138. The molecule has 2 N–H and O–H groups in total. The molecule has 5 heteroatoms. The van der Waals surface area contributed by atoms with Gasteiger partial charge in [-0.1, -0.05) is 0 Å². The van der Waals surface area contributed by atoms with E-state index in [1.54, 1.807) is 4.90 Å². The Morgan fingerprint density at radius 2 is 2.07 bits per heavy atom. The van der Waals surface area contributed by atoms with Crippen molar-refractivity contribution in [2.75, 3.05) is 26.8 Å². The number of hydrogen-bond acceptors (Lipinski definition) is 3. The number of carbonyl (C=O) groups excluding carboxylic acids is 1. The van der Waals surface area contributed by atoms with Crippen LogP contribution >= 0.6 is 12.4 Å². The van der Waals surface area contributed by atoms with Gasteiger partial charge in [0.25, 0.3) is 0 Å². The van der Waals surface area contributed by atoms with Crippen LogP contribution in [0.2, 0.25) is 0 Å². The second kappa shape index (κ2) is 7.04. The van der Waals surface area contributed by atoms with E-state index in [-0.39, 0.29) is 30.3 Å². The van der Waals surface area contributed by atoms with Gasteiger partial charge in [-0.05, 0) is 19.8 Å². The fourth-order valence-electron chi connectivity index (χ4n) is 1.61. The first-order chi connectivity index (χ1) is 6.66. The van der Waals surface area contributed by atoms with Gasteiger partial charge >= 0.3 is 0 Å². The van der Waals surface area contributed by atoms with Crippen molar-refractivity contribution in [2.45, 2.75) is 25.8 Å². The molecule has 1 heterocycles. The number of ether oxygens (including phenoxy) is 1. The predicted molar refractivity (Wildman–Crippen MR) is 62.1 cm³/mol. The van der Waals surface area contributed by atoms with Crippen LogP contribution in [0, 0.1) is 5.92 Å². The number of carbonyl (C=O) groups is 1. The van der Waals surface area contributed by atoms with Gasteiger partial charge in [-0.2, -0.15) is 0 Å². The van der Waals surface area contributed by atoms with Gasteiger partial charge in [0.2, 0.25) is 5.91 Å². The van der Waals surface area contributed by atoms with Crippen molar-refractivity contribution in [2.24, 2.45) is 11.7 Å². The Bertz CT molecular complexity index is 192. The first kappa shape index (κ1) is 14.7. The molecule has 1 atom stereocenters. The van der Waals surface area contributed by atoms with Gasteiger partial charge in [-0.3, -0.25) is 4.79 Å². The topological polar surface area (TPSA) is 55.6 Å². The maximum absolute atomic E-state index is 11.9. The van der Waals surface area contributed by atoms with E-state index in [9.17, 15) is 4.79 Å². The first-order valence-electron chi connectivity index (χ1n) is 5.21. The van der Waals surface area contributed by atoms with Gasteiger partial charge in [0.05, 0.1) is 0 Å². The molecule has 1 unspecified atom stereocenters. The van der Waals surface area contributed by atoms with Crippen LogP contribution in [-0.4, -0.2) is 43.7 Å². The van der Waals surface area contributed by atoms with Gasteiger partial charge in [0.15, 0.2) is 0 Å². The SMILES string of the molecule is CC(CN)N(C)C(=O)C1CCOCC1.Cl. The summed E-state index contributed by atoms with van der Waals surface area (Å²) in [6, 6.07) is 0.130. The largest absolute Gasteiger partial charge is 0.381 e. The Balaban J connectivity index is 0.00000196. The minimum Gasteiger partial charge on any atom is -0.381 e. The maximum atomic E-state index is 11.9. The fourth-order valence-corrected chi connectivity index (χ4v) is 1.61. The highest BCUT2D eigenvalue weighted by atomic mass is 35.5. The third-order valence-electron chi connectivity index (χ3n) is 2.92. The molecule has 90 valence electrons. The monoisotopic (exact) mass is 236 g/mol. The highest BCUT2D eigenvalue weighted by molar-refractivity contribution is 5.85. The molecule has 0 aliphatic carbocycles. The summed E-state index contributed by atoms with van der Waals surface area (Å²) < 4.78 is 5.22. The van der Waals surface area contributed by atoms with E-state index >= 15 is 0 Å². The van der Waals surface area contributed by atoms with Crippen molar-refractivity contribution < 1.29 is 9.53 Å². The van der Waals surface area contributed by atoms with E-state index in [1.165, 1.54) is 0 Å². The van der Waals surface area contributed by atoms with Crippen molar-refractivity contribution in [1.29, 1.82) is 0 Å². The van der Waals surface area contributed by atoms with Gasteiger partial charge in [-0.15, -0.1) is 12.4 Å². The number of amides is 1. The number of rotatable bonds is 3. The van der Waals surface area contributed by atoms with Gasteiger partial charge in [0.1, 0.15) is 0 Å². The molecule has 15 heavy (non-hydrogen) atoms. The summed E-state index contributed by atoms with van der Waals surface area (Å²) in [6.07, 6.45) is 1.70. The van der Waals surface area contributed by atoms with Crippen LogP contribution in [0.25, 0.3) is 0 Å². The third-order valence-corrected chi connectivity index (χ3v) is 2.92. The Hall–Kier alpha value is -0.320. The number of hydrogen-bond donors (Lipinski definition) is 1. The molecule has 1 saturated heterocycles. The Morgan fingerprint density at radius 3 is 2.53 bits per heavy atom. The molecule has 1 aliphatic rings. The number of nitrogens with two attached hydrogens (primary N) is 1. The lowest BCUT2D eigenvalue weighted by atomic mass is 9.98. The first-order valence-corrected chi connectivity index (χ1v) is 5.21. The van der Waals surface area contributed by atoms with Crippen LogP contribution in [0.1, 0.15) is 19.8 Å². The second-order valence-corrected chi connectivity index (χ2v) is 3.92. The summed E-state index contributed by atoms with van der Waals surface area (Å²) >= 11 is 0. The molecule has 1 fully saturated rings. The van der Waals surface area contributed by atoms with Gasteiger partial charge in [0, 0.05) is 38.8 Å². The highest BCUT2D eigenvalue weighted by Crippen LogP contribution is 2.17. The molecule has 0 aromatic carbocycles. The summed E-state index contributed by atoms with van der Waals surface area (Å²) in [6.45, 7) is 3.91. The van der Waals surface area contributed by atoms with Crippen molar-refractivity contribution in [3.8, 4) is 0 Å². The van der Waals surface area contributed by atoms with E-state index in [0.717, 1.165) is 12.8 Å². The molecule has 0 aromatic rings. The van der Waals surface area contributed by atoms with Gasteiger partial charge in [-0.25, -0.2) is 0 Å². The third kappa shape index (κ3) is 3.97. The van der Waals surface area contributed by atoms with E-state index < -0.39 is 0 Å². The van der Waals surface area contributed by atoms with Crippen molar-refractivity contribution >= 4 is 18.3 Å².